The summed E-state index contributed by atoms with van der Waals surface area (Å²) in [6, 6.07) is 0.446. The Bertz CT molecular complexity index is 475. The van der Waals surface area contributed by atoms with Gasteiger partial charge >= 0.3 is 0 Å². The molecule has 1 unspecified atom stereocenters. The first-order valence-corrected chi connectivity index (χ1v) is 6.69. The van der Waals surface area contributed by atoms with Crippen molar-refractivity contribution in [1.82, 2.24) is 19.8 Å². The monoisotopic (exact) mass is 262 g/mol. The van der Waals surface area contributed by atoms with Crippen LogP contribution in [-0.2, 0) is 6.42 Å². The highest BCUT2D eigenvalue weighted by atomic mass is 16.1. The Morgan fingerprint density at radius 2 is 2.16 bits per heavy atom. The Hall–Kier alpha value is -1.33. The second-order valence-electron chi connectivity index (χ2n) is 5.44. The van der Waals surface area contributed by atoms with E-state index in [1.54, 1.807) is 13.1 Å². The van der Waals surface area contributed by atoms with Crippen molar-refractivity contribution in [3.8, 4) is 0 Å². The van der Waals surface area contributed by atoms with Gasteiger partial charge in [-0.1, -0.05) is 0 Å². The van der Waals surface area contributed by atoms with E-state index in [0.717, 1.165) is 37.6 Å². The fraction of sp³-hybridized carbons (Fsp3) is 0.643. The molecule has 2 heterocycles. The number of Topliss-reactive ketones (excluding diaryl/α,β-unsaturated/α-hetero) is 1. The Morgan fingerprint density at radius 3 is 2.79 bits per heavy atom. The van der Waals surface area contributed by atoms with E-state index in [9.17, 15) is 4.79 Å². The zero-order valence-electron chi connectivity index (χ0n) is 12.2. The van der Waals surface area contributed by atoms with Crippen molar-refractivity contribution in [3.63, 3.8) is 0 Å². The summed E-state index contributed by atoms with van der Waals surface area (Å²) in [6.07, 6.45) is 2.49. The molecule has 1 saturated heterocycles. The highest BCUT2D eigenvalue weighted by Gasteiger charge is 2.23. The number of ketones is 1. The summed E-state index contributed by atoms with van der Waals surface area (Å²) in [5.41, 5.74) is 1.40. The van der Waals surface area contributed by atoms with Gasteiger partial charge in [0.2, 0.25) is 0 Å². The van der Waals surface area contributed by atoms with Gasteiger partial charge in [-0.3, -0.25) is 4.79 Å². The number of hydrogen-bond donors (Lipinski definition) is 0. The minimum absolute atomic E-state index is 0.0265. The van der Waals surface area contributed by atoms with Crippen LogP contribution in [0.4, 0.5) is 0 Å². The number of rotatable bonds is 3. The minimum atomic E-state index is 0.0265. The molecule has 1 aliphatic heterocycles. The fourth-order valence-electron chi connectivity index (χ4n) is 2.49. The first-order valence-electron chi connectivity index (χ1n) is 6.69. The third-order valence-electron chi connectivity index (χ3n) is 3.81. The third kappa shape index (κ3) is 3.36. The molecule has 0 saturated carbocycles. The van der Waals surface area contributed by atoms with Crippen molar-refractivity contribution in [2.75, 3.05) is 33.7 Å². The molecule has 1 aliphatic rings. The van der Waals surface area contributed by atoms with Crippen molar-refractivity contribution in [2.45, 2.75) is 26.3 Å². The molecule has 0 aliphatic carbocycles. The molecule has 0 bridgehead atoms. The molecule has 19 heavy (non-hydrogen) atoms. The molecule has 0 spiro atoms. The quantitative estimate of drug-likeness (QED) is 0.753. The summed E-state index contributed by atoms with van der Waals surface area (Å²) in [5.74, 6) is 0.855. The van der Waals surface area contributed by atoms with Crippen LogP contribution in [0.25, 0.3) is 0 Å². The highest BCUT2D eigenvalue weighted by molar-refractivity contribution is 5.94. The first kappa shape index (κ1) is 14.1. The van der Waals surface area contributed by atoms with Gasteiger partial charge < -0.3 is 9.80 Å². The smallest absolute Gasteiger partial charge is 0.163 e. The number of nitrogens with zero attached hydrogens (tertiary/aromatic N) is 4. The molecule has 0 radical (unpaired) electrons. The lowest BCUT2D eigenvalue weighted by molar-refractivity contribution is 0.101. The molecule has 1 atom stereocenters. The molecule has 1 aromatic rings. The second kappa shape index (κ2) is 5.75. The molecule has 104 valence electrons. The molecular formula is C14H22N4O. The molecule has 2 rings (SSSR count). The van der Waals surface area contributed by atoms with E-state index < -0.39 is 0 Å². The molecule has 0 N–H and O–H groups in total. The van der Waals surface area contributed by atoms with Gasteiger partial charge in [-0.15, -0.1) is 0 Å². The van der Waals surface area contributed by atoms with Crippen molar-refractivity contribution < 1.29 is 4.79 Å². The van der Waals surface area contributed by atoms with E-state index in [1.165, 1.54) is 0 Å². The van der Waals surface area contributed by atoms with Gasteiger partial charge in [0, 0.05) is 38.3 Å². The summed E-state index contributed by atoms with van der Waals surface area (Å²) in [5, 5.41) is 0. The van der Waals surface area contributed by atoms with Crippen LogP contribution in [0.15, 0.2) is 6.20 Å². The average Bonchev–Trinajstić information content (AvgIpc) is 2.33. The van der Waals surface area contributed by atoms with Gasteiger partial charge in [0.1, 0.15) is 5.82 Å². The van der Waals surface area contributed by atoms with Crippen molar-refractivity contribution in [1.29, 1.82) is 0 Å². The van der Waals surface area contributed by atoms with Gasteiger partial charge in [0.05, 0.1) is 11.3 Å². The largest absolute Gasteiger partial charge is 0.304 e. The Kier molecular flexibility index (Phi) is 4.27. The lowest BCUT2D eigenvalue weighted by Gasteiger charge is -2.37. The standard InChI is InChI=1S/C14H22N4O/c1-10-13(11(2)19)8-15-14(16-10)7-12-9-17(3)5-6-18(12)4/h8,12H,5-7,9H2,1-4H3. The van der Waals surface area contributed by atoms with Crippen molar-refractivity contribution in [3.05, 3.63) is 23.3 Å². The van der Waals surface area contributed by atoms with Crippen LogP contribution in [-0.4, -0.2) is 65.3 Å². The number of carbonyl (C=O) groups is 1. The minimum Gasteiger partial charge on any atom is -0.304 e. The summed E-state index contributed by atoms with van der Waals surface area (Å²) in [6.45, 7) is 6.64. The maximum atomic E-state index is 11.4. The zero-order chi connectivity index (χ0) is 14.0. The highest BCUT2D eigenvalue weighted by Crippen LogP contribution is 2.12. The van der Waals surface area contributed by atoms with Gasteiger partial charge in [-0.25, -0.2) is 9.97 Å². The maximum absolute atomic E-state index is 11.4. The number of piperazine rings is 1. The fourth-order valence-corrected chi connectivity index (χ4v) is 2.49. The summed E-state index contributed by atoms with van der Waals surface area (Å²) < 4.78 is 0. The van der Waals surface area contributed by atoms with Crippen LogP contribution in [0.1, 0.15) is 28.8 Å². The van der Waals surface area contributed by atoms with Crippen LogP contribution in [0.3, 0.4) is 0 Å². The molecule has 0 aromatic carbocycles. The van der Waals surface area contributed by atoms with Crippen LogP contribution in [0, 0.1) is 6.92 Å². The van der Waals surface area contributed by atoms with Gasteiger partial charge in [0.25, 0.3) is 0 Å². The molecular weight excluding hydrogens is 240 g/mol. The van der Waals surface area contributed by atoms with Gasteiger partial charge in [0.15, 0.2) is 5.78 Å². The van der Waals surface area contributed by atoms with E-state index in [1.807, 2.05) is 6.92 Å². The third-order valence-corrected chi connectivity index (χ3v) is 3.81. The number of likely N-dealkylation sites (N-methyl/N-ethyl adjacent to an activating group) is 2. The second-order valence-corrected chi connectivity index (χ2v) is 5.44. The summed E-state index contributed by atoms with van der Waals surface area (Å²) >= 11 is 0. The number of aryl methyl sites for hydroxylation is 1. The summed E-state index contributed by atoms with van der Waals surface area (Å²) in [7, 11) is 4.29. The Morgan fingerprint density at radius 1 is 1.42 bits per heavy atom. The SMILES string of the molecule is CC(=O)c1cnc(CC2CN(C)CCN2C)nc1C. The molecule has 5 nitrogen and oxygen atoms in total. The normalized spacial score (nSPS) is 21.6. The average molecular weight is 262 g/mol. The van der Waals surface area contributed by atoms with E-state index >= 15 is 0 Å². The van der Waals surface area contributed by atoms with Gasteiger partial charge in [-0.05, 0) is 27.9 Å². The Balaban J connectivity index is 2.10. The first-order chi connectivity index (χ1) is 8.97. The summed E-state index contributed by atoms with van der Waals surface area (Å²) in [4.78, 5) is 24.9. The van der Waals surface area contributed by atoms with Crippen molar-refractivity contribution >= 4 is 5.78 Å². The number of carbonyl (C=O) groups excluding carboxylic acids is 1. The van der Waals surface area contributed by atoms with Crippen LogP contribution in [0.5, 0.6) is 0 Å². The van der Waals surface area contributed by atoms with E-state index in [4.69, 9.17) is 0 Å². The van der Waals surface area contributed by atoms with Crippen LogP contribution >= 0.6 is 0 Å². The van der Waals surface area contributed by atoms with Gasteiger partial charge in [-0.2, -0.15) is 0 Å². The van der Waals surface area contributed by atoms with E-state index in [0.29, 0.717) is 11.6 Å². The number of aromatic nitrogens is 2. The van der Waals surface area contributed by atoms with Crippen LogP contribution < -0.4 is 0 Å². The predicted octanol–water partition coefficient (Wildman–Crippen LogP) is 0.776. The van der Waals surface area contributed by atoms with E-state index in [-0.39, 0.29) is 5.78 Å². The van der Waals surface area contributed by atoms with E-state index in [2.05, 4.69) is 33.9 Å². The Labute approximate surface area is 114 Å². The predicted molar refractivity (Wildman–Crippen MR) is 74.4 cm³/mol. The lowest BCUT2D eigenvalue weighted by atomic mass is 10.1. The lowest BCUT2D eigenvalue weighted by Crippen LogP contribution is -2.51. The molecule has 0 amide bonds. The topological polar surface area (TPSA) is 49.3 Å². The molecule has 5 heteroatoms. The molecule has 1 fully saturated rings. The van der Waals surface area contributed by atoms with Crippen LogP contribution in [0.2, 0.25) is 0 Å². The molecule has 1 aromatic heterocycles. The zero-order valence-corrected chi connectivity index (χ0v) is 12.2. The maximum Gasteiger partial charge on any atom is 0.163 e. The van der Waals surface area contributed by atoms with Crippen molar-refractivity contribution in [2.24, 2.45) is 0 Å². The number of hydrogen-bond acceptors (Lipinski definition) is 5.